The fraction of sp³-hybridized carbons (Fsp3) is 0.625. The van der Waals surface area contributed by atoms with Crippen molar-refractivity contribution in [2.45, 2.75) is 51.0 Å². The molecule has 1 saturated carbocycles. The summed E-state index contributed by atoms with van der Waals surface area (Å²) in [7, 11) is -3.40. The highest BCUT2D eigenvalue weighted by atomic mass is 32.2. The van der Waals surface area contributed by atoms with E-state index in [-0.39, 0.29) is 6.04 Å². The number of hydrogen-bond acceptors (Lipinski definition) is 2. The predicted molar refractivity (Wildman–Crippen MR) is 81.9 cm³/mol. The number of benzene rings is 1. The van der Waals surface area contributed by atoms with Gasteiger partial charge in [0.1, 0.15) is 0 Å². The standard InChI is InChI=1S/C16H25NO2S/c1-12(2)15-10-9-13(3)11-16(15)17-20(18,19)14-7-5-4-6-8-14/h4-8,12-13,15-17H,9-11H2,1-3H3/t13-,15-,16+/m1/s1. The van der Waals surface area contributed by atoms with Gasteiger partial charge in [-0.05, 0) is 42.7 Å². The third kappa shape index (κ3) is 3.61. The summed E-state index contributed by atoms with van der Waals surface area (Å²) in [6, 6.07) is 8.72. The smallest absolute Gasteiger partial charge is 0.208 e. The van der Waals surface area contributed by atoms with Crippen molar-refractivity contribution in [2.24, 2.45) is 17.8 Å². The van der Waals surface area contributed by atoms with Gasteiger partial charge >= 0.3 is 0 Å². The summed E-state index contributed by atoms with van der Waals surface area (Å²) < 4.78 is 27.9. The Morgan fingerprint density at radius 1 is 1.15 bits per heavy atom. The second-order valence-corrected chi connectivity index (χ2v) is 8.08. The lowest BCUT2D eigenvalue weighted by Gasteiger charge is -2.37. The minimum Gasteiger partial charge on any atom is -0.208 e. The summed E-state index contributed by atoms with van der Waals surface area (Å²) in [6.07, 6.45) is 3.25. The predicted octanol–water partition coefficient (Wildman–Crippen LogP) is 3.43. The van der Waals surface area contributed by atoms with Crippen LogP contribution in [0.2, 0.25) is 0 Å². The van der Waals surface area contributed by atoms with Gasteiger partial charge in [0.05, 0.1) is 4.90 Å². The van der Waals surface area contributed by atoms with Gasteiger partial charge in [-0.2, -0.15) is 0 Å². The van der Waals surface area contributed by atoms with E-state index >= 15 is 0 Å². The van der Waals surface area contributed by atoms with Crippen LogP contribution in [0.15, 0.2) is 35.2 Å². The molecule has 4 heteroatoms. The maximum atomic E-state index is 12.5. The van der Waals surface area contributed by atoms with Crippen LogP contribution in [0.3, 0.4) is 0 Å². The Kier molecular flexibility index (Phi) is 4.86. The van der Waals surface area contributed by atoms with Crippen molar-refractivity contribution in [1.29, 1.82) is 0 Å². The monoisotopic (exact) mass is 295 g/mol. The molecule has 1 aliphatic rings. The zero-order chi connectivity index (χ0) is 14.8. The fourth-order valence-electron chi connectivity index (χ4n) is 3.20. The molecule has 0 radical (unpaired) electrons. The van der Waals surface area contributed by atoms with E-state index in [2.05, 4.69) is 25.5 Å². The molecule has 1 aromatic carbocycles. The van der Waals surface area contributed by atoms with Gasteiger partial charge < -0.3 is 0 Å². The first kappa shape index (κ1) is 15.5. The first-order chi connectivity index (χ1) is 9.40. The first-order valence-corrected chi connectivity index (χ1v) is 8.96. The van der Waals surface area contributed by atoms with Crippen LogP contribution in [0, 0.1) is 17.8 Å². The van der Waals surface area contributed by atoms with E-state index in [1.165, 1.54) is 6.42 Å². The summed E-state index contributed by atoms with van der Waals surface area (Å²) in [5, 5.41) is 0. The lowest BCUT2D eigenvalue weighted by molar-refractivity contribution is 0.188. The van der Waals surface area contributed by atoms with Crippen LogP contribution in [0.4, 0.5) is 0 Å². The van der Waals surface area contributed by atoms with Crippen molar-refractivity contribution in [2.75, 3.05) is 0 Å². The van der Waals surface area contributed by atoms with Crippen molar-refractivity contribution < 1.29 is 8.42 Å². The second-order valence-electron chi connectivity index (χ2n) is 6.37. The third-order valence-electron chi connectivity index (χ3n) is 4.38. The summed E-state index contributed by atoms with van der Waals surface area (Å²) in [5.74, 6) is 1.53. The number of sulfonamides is 1. The topological polar surface area (TPSA) is 46.2 Å². The van der Waals surface area contributed by atoms with Crippen molar-refractivity contribution >= 4 is 10.0 Å². The minimum absolute atomic E-state index is 0.0592. The van der Waals surface area contributed by atoms with E-state index in [0.717, 1.165) is 12.8 Å². The molecule has 1 N–H and O–H groups in total. The molecule has 112 valence electrons. The summed E-state index contributed by atoms with van der Waals surface area (Å²) in [6.45, 7) is 6.58. The summed E-state index contributed by atoms with van der Waals surface area (Å²) >= 11 is 0. The van der Waals surface area contributed by atoms with Crippen LogP contribution in [-0.2, 0) is 10.0 Å². The van der Waals surface area contributed by atoms with E-state index in [1.807, 2.05) is 6.07 Å². The van der Waals surface area contributed by atoms with Crippen molar-refractivity contribution in [3.63, 3.8) is 0 Å². The molecule has 1 fully saturated rings. The SMILES string of the molecule is CC(C)[C@H]1CC[C@@H](C)C[C@@H]1NS(=O)(=O)c1ccccc1. The van der Waals surface area contributed by atoms with Crippen LogP contribution < -0.4 is 4.72 Å². The Bertz CT molecular complexity index is 525. The summed E-state index contributed by atoms with van der Waals surface area (Å²) in [5.41, 5.74) is 0. The highest BCUT2D eigenvalue weighted by Gasteiger charge is 2.33. The zero-order valence-corrected chi connectivity index (χ0v) is 13.4. The molecule has 1 aromatic rings. The molecule has 0 heterocycles. The molecule has 20 heavy (non-hydrogen) atoms. The molecule has 0 spiro atoms. The number of hydrogen-bond donors (Lipinski definition) is 1. The maximum absolute atomic E-state index is 12.5. The van der Waals surface area contributed by atoms with Crippen molar-refractivity contribution in [3.8, 4) is 0 Å². The van der Waals surface area contributed by atoms with Crippen molar-refractivity contribution in [3.05, 3.63) is 30.3 Å². The Morgan fingerprint density at radius 3 is 2.40 bits per heavy atom. The average Bonchev–Trinajstić information content (AvgIpc) is 2.39. The van der Waals surface area contributed by atoms with E-state index in [1.54, 1.807) is 24.3 Å². The number of nitrogens with one attached hydrogen (secondary N) is 1. The Morgan fingerprint density at radius 2 is 1.80 bits per heavy atom. The Hall–Kier alpha value is -0.870. The van der Waals surface area contributed by atoms with Crippen LogP contribution in [0.5, 0.6) is 0 Å². The molecule has 0 aromatic heterocycles. The first-order valence-electron chi connectivity index (χ1n) is 7.47. The highest BCUT2D eigenvalue weighted by Crippen LogP contribution is 2.34. The maximum Gasteiger partial charge on any atom is 0.240 e. The third-order valence-corrected chi connectivity index (χ3v) is 5.89. The van der Waals surface area contributed by atoms with Gasteiger partial charge in [0, 0.05) is 6.04 Å². The van der Waals surface area contributed by atoms with Crippen molar-refractivity contribution in [1.82, 2.24) is 4.72 Å². The Labute approximate surface area is 122 Å². The lowest BCUT2D eigenvalue weighted by atomic mass is 9.74. The van der Waals surface area contributed by atoms with Crippen LogP contribution in [0.25, 0.3) is 0 Å². The summed E-state index contributed by atoms with van der Waals surface area (Å²) in [4.78, 5) is 0.362. The van der Waals surface area contributed by atoms with Gasteiger partial charge in [-0.3, -0.25) is 0 Å². The second kappa shape index (κ2) is 6.27. The molecule has 2 rings (SSSR count). The van der Waals surface area contributed by atoms with Crippen LogP contribution in [0.1, 0.15) is 40.0 Å². The molecule has 0 unspecified atom stereocenters. The Balaban J connectivity index is 2.18. The molecule has 0 saturated heterocycles. The highest BCUT2D eigenvalue weighted by molar-refractivity contribution is 7.89. The fourth-order valence-corrected chi connectivity index (χ4v) is 4.53. The quantitative estimate of drug-likeness (QED) is 0.925. The van der Waals surface area contributed by atoms with E-state index in [9.17, 15) is 8.42 Å². The molecule has 3 atom stereocenters. The van der Waals surface area contributed by atoms with Gasteiger partial charge in [0.15, 0.2) is 0 Å². The van der Waals surface area contributed by atoms with E-state index in [0.29, 0.717) is 22.6 Å². The van der Waals surface area contributed by atoms with Gasteiger partial charge in [-0.15, -0.1) is 0 Å². The van der Waals surface area contributed by atoms with Crippen LogP contribution >= 0.6 is 0 Å². The van der Waals surface area contributed by atoms with E-state index in [4.69, 9.17) is 0 Å². The van der Waals surface area contributed by atoms with Gasteiger partial charge in [-0.25, -0.2) is 13.1 Å². The van der Waals surface area contributed by atoms with Gasteiger partial charge in [0.25, 0.3) is 0 Å². The van der Waals surface area contributed by atoms with Crippen LogP contribution in [-0.4, -0.2) is 14.5 Å². The molecule has 0 amide bonds. The van der Waals surface area contributed by atoms with Gasteiger partial charge in [0.2, 0.25) is 10.0 Å². The lowest BCUT2D eigenvalue weighted by Crippen LogP contribution is -2.45. The average molecular weight is 295 g/mol. The molecular formula is C16H25NO2S. The normalized spacial score (nSPS) is 27.7. The molecular weight excluding hydrogens is 270 g/mol. The minimum atomic E-state index is -3.40. The molecule has 3 nitrogen and oxygen atoms in total. The largest absolute Gasteiger partial charge is 0.240 e. The zero-order valence-electron chi connectivity index (χ0n) is 12.5. The molecule has 1 aliphatic carbocycles. The number of rotatable bonds is 4. The molecule has 0 bridgehead atoms. The molecule has 0 aliphatic heterocycles. The van der Waals surface area contributed by atoms with E-state index < -0.39 is 10.0 Å². The van der Waals surface area contributed by atoms with Gasteiger partial charge in [-0.1, -0.05) is 45.4 Å².